The lowest BCUT2D eigenvalue weighted by atomic mass is 10.1. The molecular weight excluding hydrogens is 378 g/mol. The van der Waals surface area contributed by atoms with Crippen molar-refractivity contribution in [3.05, 3.63) is 90.9 Å². The van der Waals surface area contributed by atoms with Gasteiger partial charge in [0.05, 0.1) is 36.9 Å². The number of rotatable bonds is 8. The minimum atomic E-state index is -0.123. The van der Waals surface area contributed by atoms with Gasteiger partial charge >= 0.3 is 0 Å². The van der Waals surface area contributed by atoms with Crippen molar-refractivity contribution in [1.29, 1.82) is 0 Å². The smallest absolute Gasteiger partial charge is 0.230 e. The topological polar surface area (TPSA) is 92.8 Å². The molecule has 1 amide bonds. The van der Waals surface area contributed by atoms with Gasteiger partial charge in [-0.25, -0.2) is 4.98 Å². The first kappa shape index (κ1) is 19.3. The van der Waals surface area contributed by atoms with E-state index >= 15 is 0 Å². The molecule has 0 radical (unpaired) electrons. The second-order valence-electron chi connectivity index (χ2n) is 6.68. The van der Waals surface area contributed by atoms with Crippen molar-refractivity contribution < 1.29 is 9.53 Å². The minimum absolute atomic E-state index is 0.123. The van der Waals surface area contributed by atoms with E-state index in [2.05, 4.69) is 25.3 Å². The third-order valence-electron chi connectivity index (χ3n) is 4.52. The van der Waals surface area contributed by atoms with Crippen molar-refractivity contribution >= 4 is 11.6 Å². The van der Waals surface area contributed by atoms with E-state index in [0.29, 0.717) is 12.3 Å². The molecule has 30 heavy (non-hydrogen) atoms. The van der Waals surface area contributed by atoms with Crippen LogP contribution in [0.15, 0.2) is 79.6 Å². The Morgan fingerprint density at radius 1 is 1.00 bits per heavy atom. The Labute approximate surface area is 174 Å². The number of amides is 1. The number of nitrogens with zero attached hydrogens (tertiary/aromatic N) is 3. The molecule has 0 bridgehead atoms. The highest BCUT2D eigenvalue weighted by Gasteiger charge is 2.08. The normalized spacial score (nSPS) is 10.5. The minimum Gasteiger partial charge on any atom is -0.493 e. The van der Waals surface area contributed by atoms with Gasteiger partial charge in [-0.1, -0.05) is 24.3 Å². The van der Waals surface area contributed by atoms with Gasteiger partial charge in [0, 0.05) is 36.3 Å². The van der Waals surface area contributed by atoms with Crippen LogP contribution in [0.2, 0.25) is 0 Å². The number of aromatic amines is 1. The fraction of sp³-hybridized carbons (Fsp3) is 0.130. The van der Waals surface area contributed by atoms with Crippen molar-refractivity contribution in [2.75, 3.05) is 11.9 Å². The Morgan fingerprint density at radius 3 is 2.63 bits per heavy atom. The number of benzene rings is 2. The Hall–Kier alpha value is -4.00. The highest BCUT2D eigenvalue weighted by molar-refractivity contribution is 5.91. The SMILES string of the molecule is O=C(Cc1cnccn1)Nc1ccc(CCOc2ccccc2-c2cnc[nH]2)cc1. The molecule has 4 aromatic rings. The molecule has 0 spiro atoms. The van der Waals surface area contributed by atoms with Crippen molar-refractivity contribution in [2.24, 2.45) is 0 Å². The average Bonchev–Trinajstić information content (AvgIpc) is 3.31. The lowest BCUT2D eigenvalue weighted by molar-refractivity contribution is -0.115. The fourth-order valence-corrected chi connectivity index (χ4v) is 3.04. The Kier molecular flexibility index (Phi) is 6.10. The lowest BCUT2D eigenvalue weighted by Crippen LogP contribution is -2.15. The summed E-state index contributed by atoms with van der Waals surface area (Å²) in [4.78, 5) is 27.4. The number of para-hydroxylation sites is 1. The lowest BCUT2D eigenvalue weighted by Gasteiger charge is -2.11. The molecule has 0 saturated heterocycles. The summed E-state index contributed by atoms with van der Waals surface area (Å²) in [5.41, 5.74) is 4.42. The van der Waals surface area contributed by atoms with Crippen molar-refractivity contribution in [3.63, 3.8) is 0 Å². The summed E-state index contributed by atoms with van der Waals surface area (Å²) >= 11 is 0. The molecule has 7 nitrogen and oxygen atoms in total. The van der Waals surface area contributed by atoms with Crippen LogP contribution in [-0.2, 0) is 17.6 Å². The first-order valence-electron chi connectivity index (χ1n) is 9.62. The number of imidazole rings is 1. The fourth-order valence-electron chi connectivity index (χ4n) is 3.04. The molecule has 0 atom stereocenters. The number of hydrogen-bond donors (Lipinski definition) is 2. The molecule has 2 heterocycles. The van der Waals surface area contributed by atoms with Gasteiger partial charge in [-0.05, 0) is 29.8 Å². The monoisotopic (exact) mass is 399 g/mol. The summed E-state index contributed by atoms with van der Waals surface area (Å²) in [5.74, 6) is 0.691. The van der Waals surface area contributed by atoms with Crippen molar-refractivity contribution in [3.8, 4) is 17.0 Å². The van der Waals surface area contributed by atoms with Crippen LogP contribution in [0.4, 0.5) is 5.69 Å². The van der Waals surface area contributed by atoms with Gasteiger partial charge in [0.2, 0.25) is 5.91 Å². The quantitative estimate of drug-likeness (QED) is 0.472. The van der Waals surface area contributed by atoms with E-state index < -0.39 is 0 Å². The molecule has 150 valence electrons. The van der Waals surface area contributed by atoms with Gasteiger partial charge in [0.25, 0.3) is 0 Å². The summed E-state index contributed by atoms with van der Waals surface area (Å²) in [6.45, 7) is 0.545. The number of aromatic nitrogens is 4. The van der Waals surface area contributed by atoms with E-state index in [-0.39, 0.29) is 12.3 Å². The van der Waals surface area contributed by atoms with Crippen LogP contribution in [-0.4, -0.2) is 32.4 Å². The van der Waals surface area contributed by atoms with Gasteiger partial charge in [0.15, 0.2) is 0 Å². The predicted molar refractivity (Wildman–Crippen MR) is 114 cm³/mol. The number of anilines is 1. The zero-order valence-electron chi connectivity index (χ0n) is 16.3. The largest absolute Gasteiger partial charge is 0.493 e. The first-order valence-corrected chi connectivity index (χ1v) is 9.62. The second kappa shape index (κ2) is 9.47. The first-order chi connectivity index (χ1) is 14.8. The maximum atomic E-state index is 12.1. The molecule has 2 N–H and O–H groups in total. The van der Waals surface area contributed by atoms with Crippen molar-refractivity contribution in [2.45, 2.75) is 12.8 Å². The molecule has 0 fully saturated rings. The van der Waals surface area contributed by atoms with Gasteiger partial charge in [-0.3, -0.25) is 14.8 Å². The summed E-state index contributed by atoms with van der Waals surface area (Å²) in [6.07, 6.45) is 9.13. The molecule has 2 aromatic carbocycles. The maximum absolute atomic E-state index is 12.1. The van der Waals surface area contributed by atoms with E-state index in [1.807, 2.05) is 48.5 Å². The highest BCUT2D eigenvalue weighted by Crippen LogP contribution is 2.28. The number of hydrogen-bond acceptors (Lipinski definition) is 5. The Bertz CT molecular complexity index is 1080. The van der Waals surface area contributed by atoms with Crippen LogP contribution >= 0.6 is 0 Å². The average molecular weight is 399 g/mol. The second-order valence-corrected chi connectivity index (χ2v) is 6.68. The van der Waals surface area contributed by atoms with Gasteiger partial charge < -0.3 is 15.0 Å². The summed E-state index contributed by atoms with van der Waals surface area (Å²) in [7, 11) is 0. The molecule has 7 heteroatoms. The number of nitrogens with one attached hydrogen (secondary N) is 2. The molecule has 4 rings (SSSR count). The Morgan fingerprint density at radius 2 is 1.87 bits per heavy atom. The van der Waals surface area contributed by atoms with Gasteiger partial charge in [-0.15, -0.1) is 0 Å². The van der Waals surface area contributed by atoms with E-state index in [4.69, 9.17) is 4.74 Å². The summed E-state index contributed by atoms with van der Waals surface area (Å²) in [6, 6.07) is 15.6. The molecule has 0 aliphatic carbocycles. The van der Waals surface area contributed by atoms with Crippen LogP contribution in [0.5, 0.6) is 5.75 Å². The molecule has 0 aliphatic heterocycles. The maximum Gasteiger partial charge on any atom is 0.230 e. The molecule has 0 saturated carbocycles. The number of ether oxygens (including phenoxy) is 1. The third-order valence-corrected chi connectivity index (χ3v) is 4.52. The number of carbonyl (C=O) groups excluding carboxylic acids is 1. The van der Waals surface area contributed by atoms with E-state index in [0.717, 1.165) is 34.7 Å². The summed E-state index contributed by atoms with van der Waals surface area (Å²) < 4.78 is 6.00. The van der Waals surface area contributed by atoms with Crippen LogP contribution in [0.25, 0.3) is 11.3 Å². The summed E-state index contributed by atoms with van der Waals surface area (Å²) in [5, 5.41) is 2.88. The standard InChI is InChI=1S/C23H21N5O2/c29-23(13-19-14-24-10-11-26-19)28-18-7-5-17(6-8-18)9-12-30-22-4-2-1-3-20(22)21-15-25-16-27-21/h1-8,10-11,14-16H,9,12-13H2,(H,25,27)(H,28,29). The van der Waals surface area contributed by atoms with Crippen LogP contribution in [0, 0.1) is 0 Å². The highest BCUT2D eigenvalue weighted by atomic mass is 16.5. The van der Waals surface area contributed by atoms with Crippen LogP contribution in [0.1, 0.15) is 11.3 Å². The van der Waals surface area contributed by atoms with Crippen LogP contribution < -0.4 is 10.1 Å². The molecule has 2 aromatic heterocycles. The molecule has 0 unspecified atom stereocenters. The van der Waals surface area contributed by atoms with E-state index in [1.54, 1.807) is 31.1 Å². The van der Waals surface area contributed by atoms with Crippen molar-refractivity contribution in [1.82, 2.24) is 19.9 Å². The molecule has 0 aliphatic rings. The predicted octanol–water partition coefficient (Wildman–Crippen LogP) is 3.67. The van der Waals surface area contributed by atoms with Gasteiger partial charge in [-0.2, -0.15) is 0 Å². The van der Waals surface area contributed by atoms with Gasteiger partial charge in [0.1, 0.15) is 5.75 Å². The van der Waals surface area contributed by atoms with Crippen LogP contribution in [0.3, 0.4) is 0 Å². The van der Waals surface area contributed by atoms with E-state index in [9.17, 15) is 4.79 Å². The zero-order valence-corrected chi connectivity index (χ0v) is 16.3. The molecular formula is C23H21N5O2. The van der Waals surface area contributed by atoms with E-state index in [1.165, 1.54) is 0 Å². The number of H-pyrrole nitrogens is 1. The zero-order chi connectivity index (χ0) is 20.6. The number of carbonyl (C=O) groups is 1. The Balaban J connectivity index is 1.29. The third kappa shape index (κ3) is 5.08.